The van der Waals surface area contributed by atoms with Crippen molar-refractivity contribution in [2.75, 3.05) is 12.8 Å². The molecule has 2 aromatic heterocycles. The molecule has 0 unspecified atom stereocenters. The van der Waals surface area contributed by atoms with Crippen molar-refractivity contribution < 1.29 is 9.53 Å². The molecule has 0 saturated carbocycles. The number of nitrogens with two attached hydrogens (primary N) is 1. The first kappa shape index (κ1) is 11.5. The Morgan fingerprint density at radius 1 is 1.47 bits per heavy atom. The van der Waals surface area contributed by atoms with E-state index in [4.69, 9.17) is 5.73 Å². The van der Waals surface area contributed by atoms with E-state index in [-0.39, 0.29) is 11.4 Å². The van der Waals surface area contributed by atoms with Crippen LogP contribution in [0, 0.1) is 6.92 Å². The molecular formula is C10H10N4O2S. The van der Waals surface area contributed by atoms with E-state index < -0.39 is 5.97 Å². The van der Waals surface area contributed by atoms with Gasteiger partial charge in [-0.15, -0.1) is 11.3 Å². The van der Waals surface area contributed by atoms with Gasteiger partial charge in [0.1, 0.15) is 17.1 Å². The second-order valence-electron chi connectivity index (χ2n) is 3.26. The number of thiazole rings is 1. The van der Waals surface area contributed by atoms with Gasteiger partial charge in [0, 0.05) is 5.38 Å². The van der Waals surface area contributed by atoms with E-state index in [1.54, 1.807) is 12.4 Å². The van der Waals surface area contributed by atoms with Crippen molar-refractivity contribution in [2.24, 2.45) is 0 Å². The molecular weight excluding hydrogens is 240 g/mol. The molecule has 2 aromatic rings. The molecule has 7 heteroatoms. The quantitative estimate of drug-likeness (QED) is 0.807. The average molecular weight is 250 g/mol. The summed E-state index contributed by atoms with van der Waals surface area (Å²) < 4.78 is 4.62. The second kappa shape index (κ2) is 4.46. The van der Waals surface area contributed by atoms with Crippen LogP contribution >= 0.6 is 11.3 Å². The molecule has 0 fully saturated rings. The van der Waals surface area contributed by atoms with Gasteiger partial charge in [-0.3, -0.25) is 0 Å². The summed E-state index contributed by atoms with van der Waals surface area (Å²) in [5.74, 6) is -0.0221. The zero-order valence-corrected chi connectivity index (χ0v) is 10.1. The highest BCUT2D eigenvalue weighted by atomic mass is 32.1. The predicted molar refractivity (Wildman–Crippen MR) is 63.6 cm³/mol. The van der Waals surface area contributed by atoms with E-state index in [0.29, 0.717) is 17.2 Å². The van der Waals surface area contributed by atoms with Crippen LogP contribution < -0.4 is 5.73 Å². The van der Waals surface area contributed by atoms with Crippen LogP contribution in [0.15, 0.2) is 10.9 Å². The summed E-state index contributed by atoms with van der Waals surface area (Å²) in [6, 6.07) is 0. The lowest BCUT2D eigenvalue weighted by Gasteiger charge is -2.07. The van der Waals surface area contributed by atoms with E-state index in [1.165, 1.54) is 18.4 Å². The third-order valence-corrected chi connectivity index (χ3v) is 2.76. The van der Waals surface area contributed by atoms with Crippen molar-refractivity contribution >= 4 is 23.1 Å². The van der Waals surface area contributed by atoms with Gasteiger partial charge in [0.25, 0.3) is 0 Å². The first-order valence-corrected chi connectivity index (χ1v) is 5.68. The summed E-state index contributed by atoms with van der Waals surface area (Å²) in [4.78, 5) is 23.8. The zero-order chi connectivity index (χ0) is 12.4. The van der Waals surface area contributed by atoms with Gasteiger partial charge in [-0.1, -0.05) is 0 Å². The third-order valence-electron chi connectivity index (χ3n) is 2.17. The molecule has 88 valence electrons. The van der Waals surface area contributed by atoms with Crippen LogP contribution in [0.3, 0.4) is 0 Å². The van der Waals surface area contributed by atoms with E-state index in [1.807, 2.05) is 5.38 Å². The van der Waals surface area contributed by atoms with Gasteiger partial charge in [-0.05, 0) is 6.92 Å². The molecule has 0 radical (unpaired) electrons. The summed E-state index contributed by atoms with van der Waals surface area (Å²) in [6.45, 7) is 1.68. The van der Waals surface area contributed by atoms with Crippen LogP contribution in [-0.4, -0.2) is 28.0 Å². The number of aromatic nitrogens is 3. The maximum absolute atomic E-state index is 11.5. The van der Waals surface area contributed by atoms with Crippen molar-refractivity contribution in [2.45, 2.75) is 6.92 Å². The number of ether oxygens (including phenoxy) is 1. The third kappa shape index (κ3) is 2.09. The number of aryl methyl sites for hydroxylation is 1. The van der Waals surface area contributed by atoms with Crippen LogP contribution in [-0.2, 0) is 4.74 Å². The second-order valence-corrected chi connectivity index (χ2v) is 3.98. The van der Waals surface area contributed by atoms with E-state index in [9.17, 15) is 4.79 Å². The summed E-state index contributed by atoms with van der Waals surface area (Å²) in [6.07, 6.45) is 0. The fraction of sp³-hybridized carbons (Fsp3) is 0.200. The molecule has 0 aliphatic rings. The Labute approximate surface area is 101 Å². The van der Waals surface area contributed by atoms with Crippen molar-refractivity contribution in [3.8, 4) is 11.5 Å². The summed E-state index contributed by atoms with van der Waals surface area (Å²) in [5.41, 5.74) is 8.73. The van der Waals surface area contributed by atoms with Crippen LogP contribution in [0.1, 0.15) is 16.1 Å². The molecule has 2 rings (SSSR count). The fourth-order valence-corrected chi connectivity index (χ4v) is 1.92. The summed E-state index contributed by atoms with van der Waals surface area (Å²) in [5, 5.41) is 1.81. The highest BCUT2D eigenvalue weighted by Gasteiger charge is 2.18. The van der Waals surface area contributed by atoms with E-state index in [2.05, 4.69) is 19.7 Å². The number of hydrogen-bond acceptors (Lipinski definition) is 7. The molecule has 0 saturated heterocycles. The number of rotatable bonds is 2. The maximum atomic E-state index is 11.5. The van der Waals surface area contributed by atoms with Gasteiger partial charge < -0.3 is 10.5 Å². The first-order chi connectivity index (χ1) is 8.13. The highest BCUT2D eigenvalue weighted by Crippen LogP contribution is 2.20. The summed E-state index contributed by atoms with van der Waals surface area (Å²) in [7, 11) is 1.29. The zero-order valence-electron chi connectivity index (χ0n) is 9.30. The molecule has 0 bridgehead atoms. The monoisotopic (exact) mass is 250 g/mol. The number of carbonyl (C=O) groups is 1. The molecule has 0 aromatic carbocycles. The van der Waals surface area contributed by atoms with Crippen molar-refractivity contribution in [3.63, 3.8) is 0 Å². The molecule has 6 nitrogen and oxygen atoms in total. The molecule has 0 spiro atoms. The number of esters is 1. The average Bonchev–Trinajstić information content (AvgIpc) is 2.81. The molecule has 2 heterocycles. The Bertz CT molecular complexity index is 530. The van der Waals surface area contributed by atoms with Crippen LogP contribution in [0.2, 0.25) is 0 Å². The Kier molecular flexibility index (Phi) is 3.01. The molecule has 17 heavy (non-hydrogen) atoms. The Morgan fingerprint density at radius 2 is 2.24 bits per heavy atom. The lowest BCUT2D eigenvalue weighted by molar-refractivity contribution is 0.0600. The molecule has 0 atom stereocenters. The minimum absolute atomic E-state index is 0.104. The topological polar surface area (TPSA) is 91.0 Å². The highest BCUT2D eigenvalue weighted by molar-refractivity contribution is 7.07. The number of hydrogen-bond donors (Lipinski definition) is 1. The van der Waals surface area contributed by atoms with Gasteiger partial charge in [0.05, 0.1) is 18.3 Å². The fourth-order valence-electron chi connectivity index (χ4n) is 1.39. The number of nitrogen functional groups attached to an aromatic ring is 1. The number of anilines is 1. The van der Waals surface area contributed by atoms with Crippen molar-refractivity contribution in [1.82, 2.24) is 15.0 Å². The Balaban J connectivity index is 2.53. The van der Waals surface area contributed by atoms with Gasteiger partial charge in [-0.2, -0.15) is 0 Å². The van der Waals surface area contributed by atoms with Crippen LogP contribution in [0.4, 0.5) is 5.82 Å². The normalized spacial score (nSPS) is 10.2. The Hall–Kier alpha value is -2.02. The van der Waals surface area contributed by atoms with Crippen molar-refractivity contribution in [3.05, 3.63) is 22.1 Å². The van der Waals surface area contributed by atoms with Gasteiger partial charge in [0.15, 0.2) is 5.82 Å². The van der Waals surface area contributed by atoms with Gasteiger partial charge >= 0.3 is 5.97 Å². The molecule has 0 amide bonds. The minimum atomic E-state index is -0.537. The molecule has 0 aliphatic heterocycles. The molecule has 0 aliphatic carbocycles. The molecule has 2 N–H and O–H groups in total. The number of carbonyl (C=O) groups excluding carboxylic acids is 1. The van der Waals surface area contributed by atoms with Crippen LogP contribution in [0.25, 0.3) is 11.5 Å². The summed E-state index contributed by atoms with van der Waals surface area (Å²) >= 11 is 1.44. The van der Waals surface area contributed by atoms with E-state index in [0.717, 1.165) is 0 Å². The van der Waals surface area contributed by atoms with Gasteiger partial charge in [0.2, 0.25) is 0 Å². The largest absolute Gasteiger partial charge is 0.465 e. The van der Waals surface area contributed by atoms with Crippen molar-refractivity contribution in [1.29, 1.82) is 0 Å². The number of nitrogens with zero attached hydrogens (tertiary/aromatic N) is 3. The Morgan fingerprint density at radius 3 is 2.76 bits per heavy atom. The predicted octanol–water partition coefficient (Wildman–Crippen LogP) is 1.28. The lowest BCUT2D eigenvalue weighted by Crippen LogP contribution is -2.12. The first-order valence-electron chi connectivity index (χ1n) is 4.74. The minimum Gasteiger partial charge on any atom is -0.465 e. The smallest absolute Gasteiger partial charge is 0.343 e. The SMILES string of the molecule is COC(=O)c1c(C)nc(-c2cscn2)nc1N. The number of methoxy groups -OCH3 is 1. The van der Waals surface area contributed by atoms with Crippen LogP contribution in [0.5, 0.6) is 0 Å². The van der Waals surface area contributed by atoms with E-state index >= 15 is 0 Å². The maximum Gasteiger partial charge on any atom is 0.343 e. The lowest BCUT2D eigenvalue weighted by atomic mass is 10.2. The standard InChI is InChI=1S/C10H10N4O2S/c1-5-7(10(15)16-2)8(11)14-9(13-5)6-3-17-4-12-6/h3-4H,1-2H3,(H2,11,13,14). The van der Waals surface area contributed by atoms with Gasteiger partial charge in [-0.25, -0.2) is 19.7 Å².